The number of amides is 1. The number of halogens is 4. The Balaban J connectivity index is 2.13. The van der Waals surface area contributed by atoms with Gasteiger partial charge in [-0.25, -0.2) is 8.42 Å². The fourth-order valence-electron chi connectivity index (χ4n) is 3.50. The second kappa shape index (κ2) is 9.66. The third-order valence-corrected chi connectivity index (χ3v) is 7.21. The van der Waals surface area contributed by atoms with E-state index in [2.05, 4.69) is 0 Å². The molecule has 0 atom stereocenters. The molecule has 2 rings (SSSR count). The third kappa shape index (κ3) is 5.64. The molecule has 1 heterocycles. The Morgan fingerprint density at radius 1 is 1.17 bits per heavy atom. The Morgan fingerprint density at radius 3 is 2.21 bits per heavy atom. The summed E-state index contributed by atoms with van der Waals surface area (Å²) in [6, 6.07) is 2.59. The fraction of sp³-hybridized carbons (Fsp3) is 0.632. The van der Waals surface area contributed by atoms with Crippen molar-refractivity contribution >= 4 is 27.5 Å². The molecule has 10 heteroatoms. The number of rotatable bonds is 7. The van der Waals surface area contributed by atoms with E-state index in [0.29, 0.717) is 32.0 Å². The van der Waals surface area contributed by atoms with Crippen molar-refractivity contribution in [1.82, 2.24) is 9.21 Å². The van der Waals surface area contributed by atoms with Gasteiger partial charge in [-0.05, 0) is 43.9 Å². The van der Waals surface area contributed by atoms with Gasteiger partial charge in [0, 0.05) is 32.1 Å². The molecule has 1 aliphatic heterocycles. The molecule has 0 aromatic heterocycles. The fourth-order valence-corrected chi connectivity index (χ4v) is 5.23. The molecule has 1 aliphatic rings. The van der Waals surface area contributed by atoms with Crippen LogP contribution >= 0.6 is 11.6 Å². The molecule has 0 N–H and O–H groups in total. The molecule has 29 heavy (non-hydrogen) atoms. The van der Waals surface area contributed by atoms with Crippen LogP contribution in [-0.2, 0) is 21.0 Å². The lowest BCUT2D eigenvalue weighted by Crippen LogP contribution is -2.44. The summed E-state index contributed by atoms with van der Waals surface area (Å²) < 4.78 is 66.0. The van der Waals surface area contributed by atoms with Gasteiger partial charge in [-0.3, -0.25) is 4.79 Å². The minimum atomic E-state index is -4.75. The number of hydrogen-bond donors (Lipinski definition) is 0. The van der Waals surface area contributed by atoms with Gasteiger partial charge in [0.15, 0.2) is 0 Å². The first-order valence-corrected chi connectivity index (χ1v) is 11.5. The first-order valence-electron chi connectivity index (χ1n) is 9.68. The predicted molar refractivity (Wildman–Crippen MR) is 105 cm³/mol. The summed E-state index contributed by atoms with van der Waals surface area (Å²) >= 11 is 5.58. The maximum atomic E-state index is 13.1. The Bertz CT molecular complexity index is 816. The van der Waals surface area contributed by atoms with Gasteiger partial charge in [-0.2, -0.15) is 17.5 Å². The highest BCUT2D eigenvalue weighted by Gasteiger charge is 2.37. The Morgan fingerprint density at radius 2 is 1.72 bits per heavy atom. The van der Waals surface area contributed by atoms with Crippen molar-refractivity contribution in [2.24, 2.45) is 5.92 Å². The topological polar surface area (TPSA) is 57.7 Å². The Kier molecular flexibility index (Phi) is 7.98. The molecule has 1 saturated heterocycles. The number of piperidine rings is 1. The van der Waals surface area contributed by atoms with Crippen molar-refractivity contribution in [3.05, 3.63) is 28.8 Å². The molecule has 1 aromatic carbocycles. The molecule has 0 spiro atoms. The van der Waals surface area contributed by atoms with Crippen LogP contribution in [0.3, 0.4) is 0 Å². The molecule has 1 aromatic rings. The van der Waals surface area contributed by atoms with E-state index in [0.717, 1.165) is 29.3 Å². The highest BCUT2D eigenvalue weighted by Crippen LogP contribution is 2.36. The monoisotopic (exact) mass is 454 g/mol. The Hall–Kier alpha value is -1.32. The Labute approximate surface area is 174 Å². The molecule has 0 saturated carbocycles. The number of carbonyl (C=O) groups is 1. The number of hydrogen-bond acceptors (Lipinski definition) is 3. The lowest BCUT2D eigenvalue weighted by Gasteiger charge is -2.33. The number of nitrogens with zero attached hydrogens (tertiary/aromatic N) is 2. The van der Waals surface area contributed by atoms with Crippen LogP contribution in [0.1, 0.15) is 45.1 Å². The second-order valence-electron chi connectivity index (χ2n) is 7.14. The highest BCUT2D eigenvalue weighted by atomic mass is 35.5. The zero-order chi connectivity index (χ0) is 21.8. The molecule has 0 radical (unpaired) electrons. The van der Waals surface area contributed by atoms with Crippen molar-refractivity contribution in [2.75, 3.05) is 26.2 Å². The van der Waals surface area contributed by atoms with Crippen LogP contribution < -0.4 is 0 Å². The molecule has 0 unspecified atom stereocenters. The van der Waals surface area contributed by atoms with Crippen LogP contribution in [0.4, 0.5) is 13.2 Å². The summed E-state index contributed by atoms with van der Waals surface area (Å²) in [4.78, 5) is 14.1. The van der Waals surface area contributed by atoms with E-state index >= 15 is 0 Å². The second-order valence-corrected chi connectivity index (χ2v) is 9.49. The van der Waals surface area contributed by atoms with Gasteiger partial charge in [-0.1, -0.05) is 25.4 Å². The first-order chi connectivity index (χ1) is 13.5. The van der Waals surface area contributed by atoms with Crippen molar-refractivity contribution in [1.29, 1.82) is 0 Å². The van der Waals surface area contributed by atoms with Gasteiger partial charge in [0.25, 0.3) is 0 Å². The maximum Gasteiger partial charge on any atom is 0.417 e. The van der Waals surface area contributed by atoms with Gasteiger partial charge in [0.05, 0.1) is 15.5 Å². The summed E-state index contributed by atoms with van der Waals surface area (Å²) in [7, 11) is -4.10. The third-order valence-electron chi connectivity index (χ3n) is 4.98. The van der Waals surface area contributed by atoms with Crippen molar-refractivity contribution < 1.29 is 26.4 Å². The van der Waals surface area contributed by atoms with E-state index in [1.807, 2.05) is 18.7 Å². The SMILES string of the molecule is CCCN(CCC)C(=O)C1CCN(S(=O)(=O)c2ccc(Cl)c(C(F)(F)F)c2)CC1. The van der Waals surface area contributed by atoms with E-state index in [1.165, 1.54) is 0 Å². The van der Waals surface area contributed by atoms with E-state index in [-0.39, 0.29) is 24.9 Å². The summed E-state index contributed by atoms with van der Waals surface area (Å²) in [6.45, 7) is 5.49. The van der Waals surface area contributed by atoms with Gasteiger partial charge < -0.3 is 4.90 Å². The van der Waals surface area contributed by atoms with Crippen molar-refractivity contribution in [3.63, 3.8) is 0 Å². The quantitative estimate of drug-likeness (QED) is 0.613. The van der Waals surface area contributed by atoms with Gasteiger partial charge in [0.1, 0.15) is 0 Å². The molecule has 1 amide bonds. The molecular weight excluding hydrogens is 429 g/mol. The summed E-state index contributed by atoms with van der Waals surface area (Å²) in [5, 5.41) is -0.548. The largest absolute Gasteiger partial charge is 0.417 e. The number of carbonyl (C=O) groups excluding carboxylic acids is 1. The van der Waals surface area contributed by atoms with Crippen LogP contribution in [0.25, 0.3) is 0 Å². The van der Waals surface area contributed by atoms with Crippen LogP contribution in [-0.4, -0.2) is 49.7 Å². The van der Waals surface area contributed by atoms with Crippen LogP contribution in [0.15, 0.2) is 23.1 Å². The van der Waals surface area contributed by atoms with E-state index in [1.54, 1.807) is 0 Å². The van der Waals surface area contributed by atoms with Crippen LogP contribution in [0.2, 0.25) is 5.02 Å². The molecular formula is C19H26ClF3N2O3S. The number of alkyl halides is 3. The summed E-state index contributed by atoms with van der Waals surface area (Å²) in [5.74, 6) is -0.243. The van der Waals surface area contributed by atoms with E-state index < -0.39 is 31.7 Å². The normalized spacial score (nSPS) is 16.8. The lowest BCUT2D eigenvalue weighted by atomic mass is 9.96. The minimum Gasteiger partial charge on any atom is -0.342 e. The van der Waals surface area contributed by atoms with E-state index in [4.69, 9.17) is 11.6 Å². The molecule has 0 aliphatic carbocycles. The predicted octanol–water partition coefficient (Wildman–Crippen LogP) is 4.41. The summed E-state index contributed by atoms with van der Waals surface area (Å²) in [6.07, 6.45) is -2.36. The average Bonchev–Trinajstić information content (AvgIpc) is 2.66. The van der Waals surface area contributed by atoms with Crippen molar-refractivity contribution in [2.45, 2.75) is 50.6 Å². The first kappa shape index (κ1) is 24.0. The van der Waals surface area contributed by atoms with Crippen molar-refractivity contribution in [3.8, 4) is 0 Å². The minimum absolute atomic E-state index is 0.0246. The molecule has 164 valence electrons. The highest BCUT2D eigenvalue weighted by molar-refractivity contribution is 7.89. The van der Waals surface area contributed by atoms with Gasteiger partial charge in [0.2, 0.25) is 15.9 Å². The standard InChI is InChI=1S/C19H26ClF3N2O3S/c1-3-9-24(10-4-2)18(26)14-7-11-25(12-8-14)29(27,28)15-5-6-17(20)16(13-15)19(21,22)23/h5-6,13-14H,3-4,7-12H2,1-2H3. The zero-order valence-electron chi connectivity index (χ0n) is 16.5. The summed E-state index contributed by atoms with van der Waals surface area (Å²) in [5.41, 5.74) is -1.18. The maximum absolute atomic E-state index is 13.1. The zero-order valence-corrected chi connectivity index (χ0v) is 18.1. The number of sulfonamides is 1. The molecule has 1 fully saturated rings. The molecule has 5 nitrogen and oxygen atoms in total. The van der Waals surface area contributed by atoms with Crippen LogP contribution in [0.5, 0.6) is 0 Å². The van der Waals surface area contributed by atoms with Gasteiger partial charge in [-0.15, -0.1) is 0 Å². The average molecular weight is 455 g/mol. The van der Waals surface area contributed by atoms with Crippen LogP contribution in [0, 0.1) is 5.92 Å². The van der Waals surface area contributed by atoms with Gasteiger partial charge >= 0.3 is 6.18 Å². The lowest BCUT2D eigenvalue weighted by molar-refractivity contribution is -0.138. The smallest absolute Gasteiger partial charge is 0.342 e. The number of benzene rings is 1. The molecule has 0 bridgehead atoms. The van der Waals surface area contributed by atoms with E-state index in [9.17, 15) is 26.4 Å².